The summed E-state index contributed by atoms with van der Waals surface area (Å²) in [6.07, 6.45) is 2.10. The van der Waals surface area contributed by atoms with Gasteiger partial charge in [0.25, 0.3) is 5.91 Å². The van der Waals surface area contributed by atoms with Crippen LogP contribution in [0.5, 0.6) is 5.75 Å². The van der Waals surface area contributed by atoms with E-state index in [-0.39, 0.29) is 17.9 Å². The molecule has 152 valence electrons. The van der Waals surface area contributed by atoms with Crippen molar-refractivity contribution < 1.29 is 15.0 Å². The highest BCUT2D eigenvalue weighted by atomic mass is 16.3. The molecule has 0 saturated heterocycles. The van der Waals surface area contributed by atoms with Gasteiger partial charge in [-0.15, -0.1) is 0 Å². The van der Waals surface area contributed by atoms with E-state index in [1.165, 1.54) is 6.20 Å². The van der Waals surface area contributed by atoms with E-state index in [4.69, 9.17) is 5.73 Å². The van der Waals surface area contributed by atoms with Gasteiger partial charge in [0, 0.05) is 17.4 Å². The maximum absolute atomic E-state index is 12.1. The number of benzene rings is 2. The molecule has 6 N–H and O–H groups in total. The number of hydrogen-bond acceptors (Lipinski definition) is 6. The molecule has 0 aliphatic heterocycles. The van der Waals surface area contributed by atoms with Crippen LogP contribution in [0.3, 0.4) is 0 Å². The van der Waals surface area contributed by atoms with Crippen molar-refractivity contribution in [3.05, 3.63) is 65.4 Å². The third-order valence-corrected chi connectivity index (χ3v) is 4.98. The molecule has 0 fully saturated rings. The number of nitrogens with zero attached hydrogens (tertiary/aromatic N) is 2. The number of nitrogens with two attached hydrogens (primary N) is 1. The first-order chi connectivity index (χ1) is 14.5. The summed E-state index contributed by atoms with van der Waals surface area (Å²) in [5.74, 6) is 0.0710. The summed E-state index contributed by atoms with van der Waals surface area (Å²) in [7, 11) is 0. The maximum atomic E-state index is 12.1. The molecule has 0 atom stereocenters. The zero-order chi connectivity index (χ0) is 21.3. The number of phenols is 1. The summed E-state index contributed by atoms with van der Waals surface area (Å²) in [6, 6.07) is 12.2. The van der Waals surface area contributed by atoms with Gasteiger partial charge in [-0.25, -0.2) is 9.97 Å². The van der Waals surface area contributed by atoms with Gasteiger partial charge in [-0.3, -0.25) is 4.79 Å². The molecule has 2 aromatic carbocycles. The summed E-state index contributed by atoms with van der Waals surface area (Å²) in [6.45, 7) is 1.91. The minimum Gasteiger partial charge on any atom is -0.508 e. The molecule has 0 saturated carbocycles. The highest BCUT2D eigenvalue weighted by molar-refractivity contribution is 6.06. The number of pyridine rings is 1. The fraction of sp³-hybridized carbons (Fsp3) is 0.136. The van der Waals surface area contributed by atoms with E-state index in [9.17, 15) is 15.0 Å². The number of aromatic amines is 1. The number of aliphatic hydroxyl groups excluding tert-OH is 1. The summed E-state index contributed by atoms with van der Waals surface area (Å²) >= 11 is 0. The molecule has 4 rings (SSSR count). The van der Waals surface area contributed by atoms with Gasteiger partial charge in [0.05, 0.1) is 17.9 Å². The number of rotatable bonds is 6. The van der Waals surface area contributed by atoms with Gasteiger partial charge >= 0.3 is 0 Å². The van der Waals surface area contributed by atoms with Crippen LogP contribution in [0.4, 0.5) is 11.4 Å². The molecule has 0 aliphatic carbocycles. The number of aromatic nitrogens is 3. The summed E-state index contributed by atoms with van der Waals surface area (Å²) in [4.78, 5) is 24.1. The Kier molecular flexibility index (Phi) is 5.07. The molecule has 0 bridgehead atoms. The normalized spacial score (nSPS) is 11.0. The lowest BCUT2D eigenvalue weighted by molar-refractivity contribution is 0.100. The van der Waals surface area contributed by atoms with Gasteiger partial charge in [-0.1, -0.05) is 19.1 Å². The number of anilines is 2. The second-order valence-electron chi connectivity index (χ2n) is 6.82. The number of hydrogen-bond donors (Lipinski definition) is 5. The lowest BCUT2D eigenvalue weighted by Crippen LogP contribution is -2.14. The number of nitrogens with one attached hydrogen (secondary N) is 2. The van der Waals surface area contributed by atoms with Crippen LogP contribution >= 0.6 is 0 Å². The van der Waals surface area contributed by atoms with E-state index in [0.717, 1.165) is 22.4 Å². The number of carbonyl (C=O) groups excluding carboxylic acids is 1. The summed E-state index contributed by atoms with van der Waals surface area (Å²) < 4.78 is 0. The standard InChI is InChI=1S/C22H21N5O3/c1-2-15-13(11-28)4-3-5-17(15)25-18-16(20(23)30)10-24-22-19(18)26-21(27-22)12-6-8-14(29)9-7-12/h3-10,28-29H,2,11H2,1H3,(H2,23,30)(H2,24,25,26,27). The largest absolute Gasteiger partial charge is 0.508 e. The van der Waals surface area contributed by atoms with Crippen LogP contribution in [0.25, 0.3) is 22.6 Å². The van der Waals surface area contributed by atoms with Crippen LogP contribution in [-0.2, 0) is 13.0 Å². The Bertz CT molecular complexity index is 1230. The van der Waals surface area contributed by atoms with Crippen molar-refractivity contribution in [3.63, 3.8) is 0 Å². The van der Waals surface area contributed by atoms with Crippen molar-refractivity contribution in [2.75, 3.05) is 5.32 Å². The maximum Gasteiger partial charge on any atom is 0.252 e. The lowest BCUT2D eigenvalue weighted by Gasteiger charge is -2.16. The van der Waals surface area contributed by atoms with Crippen molar-refractivity contribution in [3.8, 4) is 17.1 Å². The van der Waals surface area contributed by atoms with Gasteiger partial charge in [0.2, 0.25) is 0 Å². The minimum atomic E-state index is -0.627. The van der Waals surface area contributed by atoms with E-state index in [0.29, 0.717) is 29.1 Å². The molecule has 0 spiro atoms. The third kappa shape index (κ3) is 3.44. The Hall–Kier alpha value is -3.91. The number of H-pyrrole nitrogens is 1. The Balaban J connectivity index is 1.88. The third-order valence-electron chi connectivity index (χ3n) is 4.98. The van der Waals surface area contributed by atoms with Crippen molar-refractivity contribution in [1.29, 1.82) is 0 Å². The van der Waals surface area contributed by atoms with Crippen molar-refractivity contribution in [2.24, 2.45) is 5.73 Å². The molecule has 0 unspecified atom stereocenters. The molecule has 2 aromatic heterocycles. The molecular formula is C22H21N5O3. The number of imidazole rings is 1. The van der Waals surface area contributed by atoms with Gasteiger partial charge < -0.3 is 26.2 Å². The van der Waals surface area contributed by atoms with Crippen LogP contribution in [0, 0.1) is 0 Å². The molecule has 30 heavy (non-hydrogen) atoms. The number of aromatic hydroxyl groups is 1. The lowest BCUT2D eigenvalue weighted by atomic mass is 10.0. The second-order valence-corrected chi connectivity index (χ2v) is 6.82. The molecule has 2 heterocycles. The van der Waals surface area contributed by atoms with Crippen molar-refractivity contribution >= 4 is 28.4 Å². The van der Waals surface area contributed by atoms with Gasteiger partial charge in [0.1, 0.15) is 17.1 Å². The number of primary amides is 1. The summed E-state index contributed by atoms with van der Waals surface area (Å²) in [5, 5.41) is 22.5. The number of amides is 1. The first kappa shape index (κ1) is 19.4. The average molecular weight is 403 g/mol. The summed E-state index contributed by atoms with van der Waals surface area (Å²) in [5.41, 5.74) is 10.5. The van der Waals surface area contributed by atoms with Gasteiger partial charge in [0.15, 0.2) is 5.65 Å². The number of fused-ring (bicyclic) bond motifs is 1. The average Bonchev–Trinajstić information content (AvgIpc) is 3.18. The Morgan fingerprint density at radius 3 is 2.63 bits per heavy atom. The minimum absolute atomic E-state index is 0.0828. The van der Waals surface area contributed by atoms with E-state index in [2.05, 4.69) is 20.3 Å². The predicted octanol–water partition coefficient (Wildman–Crippen LogP) is 3.23. The molecule has 0 radical (unpaired) electrons. The number of phenolic OH excluding ortho intramolecular Hbond substituents is 1. The molecule has 8 nitrogen and oxygen atoms in total. The monoisotopic (exact) mass is 403 g/mol. The van der Waals surface area contributed by atoms with E-state index >= 15 is 0 Å². The topological polar surface area (TPSA) is 137 Å². The Labute approximate surface area is 172 Å². The molecule has 8 heteroatoms. The fourth-order valence-electron chi connectivity index (χ4n) is 3.47. The van der Waals surface area contributed by atoms with Crippen LogP contribution in [0.2, 0.25) is 0 Å². The molecule has 0 aliphatic rings. The molecule has 1 amide bonds. The fourth-order valence-corrected chi connectivity index (χ4v) is 3.47. The van der Waals surface area contributed by atoms with E-state index in [1.807, 2.05) is 25.1 Å². The number of aliphatic hydroxyl groups is 1. The van der Waals surface area contributed by atoms with Crippen LogP contribution in [0.1, 0.15) is 28.4 Å². The zero-order valence-corrected chi connectivity index (χ0v) is 16.3. The van der Waals surface area contributed by atoms with Gasteiger partial charge in [-0.05, 0) is 47.9 Å². The Morgan fingerprint density at radius 2 is 1.97 bits per heavy atom. The van der Waals surface area contributed by atoms with E-state index < -0.39 is 5.91 Å². The van der Waals surface area contributed by atoms with Crippen LogP contribution < -0.4 is 11.1 Å². The van der Waals surface area contributed by atoms with Gasteiger partial charge in [-0.2, -0.15) is 0 Å². The zero-order valence-electron chi connectivity index (χ0n) is 16.3. The number of carbonyl (C=O) groups is 1. The second kappa shape index (κ2) is 7.84. The predicted molar refractivity (Wildman–Crippen MR) is 115 cm³/mol. The quantitative estimate of drug-likeness (QED) is 0.335. The van der Waals surface area contributed by atoms with Crippen molar-refractivity contribution in [2.45, 2.75) is 20.0 Å². The van der Waals surface area contributed by atoms with Crippen LogP contribution in [-0.4, -0.2) is 31.1 Å². The van der Waals surface area contributed by atoms with Crippen LogP contribution in [0.15, 0.2) is 48.7 Å². The first-order valence-electron chi connectivity index (χ1n) is 9.48. The first-order valence-corrected chi connectivity index (χ1v) is 9.48. The SMILES string of the molecule is CCc1c(CO)cccc1Nc1c(C(N)=O)cnc2[nH]c(-c3ccc(O)cc3)nc12. The molecular weight excluding hydrogens is 382 g/mol. The Morgan fingerprint density at radius 1 is 1.20 bits per heavy atom. The smallest absolute Gasteiger partial charge is 0.252 e. The highest BCUT2D eigenvalue weighted by Gasteiger charge is 2.19. The van der Waals surface area contributed by atoms with Crippen molar-refractivity contribution in [1.82, 2.24) is 15.0 Å². The highest BCUT2D eigenvalue weighted by Crippen LogP contribution is 2.32. The molecule has 4 aromatic rings. The van der Waals surface area contributed by atoms with E-state index in [1.54, 1.807) is 24.3 Å².